The first-order valence-electron chi connectivity index (χ1n) is 31.8. The third kappa shape index (κ3) is 43.4. The summed E-state index contributed by atoms with van der Waals surface area (Å²) in [4.78, 5) is 25.1. The number of carbonyl (C=O) groups is 2. The molecule has 0 saturated carbocycles. The van der Waals surface area contributed by atoms with Crippen LogP contribution in [0.25, 0.3) is 0 Å². The number of aliphatic hydroxyl groups excluding tert-OH is 5. The predicted octanol–water partition coefficient (Wildman–Crippen LogP) is 15.1. The Balaban J connectivity index is 1.96. The smallest absolute Gasteiger partial charge is 0.305 e. The summed E-state index contributed by atoms with van der Waals surface area (Å²) in [6.45, 7) is 4.29. The molecule has 0 aromatic heterocycles. The average molecular weight is 1060 g/mol. The van der Waals surface area contributed by atoms with Crippen molar-refractivity contribution in [1.29, 1.82) is 0 Å². The number of nitrogens with one attached hydrogen (secondary N) is 1. The zero-order valence-electron chi connectivity index (χ0n) is 48.5. The third-order valence-electron chi connectivity index (χ3n) is 15.0. The Morgan fingerprint density at radius 2 is 0.893 bits per heavy atom. The van der Waals surface area contributed by atoms with Crippen LogP contribution in [0.3, 0.4) is 0 Å². The minimum Gasteiger partial charge on any atom is -0.466 e. The molecule has 1 rings (SSSR count). The van der Waals surface area contributed by atoms with Gasteiger partial charge in [-0.05, 0) is 64.2 Å². The van der Waals surface area contributed by atoms with Gasteiger partial charge in [-0.2, -0.15) is 0 Å². The van der Waals surface area contributed by atoms with Crippen molar-refractivity contribution in [2.75, 3.05) is 19.8 Å². The largest absolute Gasteiger partial charge is 0.466 e. The van der Waals surface area contributed by atoms with Crippen LogP contribution in [0, 0.1) is 0 Å². The van der Waals surface area contributed by atoms with E-state index in [1.54, 1.807) is 6.08 Å². The molecular formula is C64H119NO10. The van der Waals surface area contributed by atoms with Crippen molar-refractivity contribution in [2.24, 2.45) is 0 Å². The van der Waals surface area contributed by atoms with Crippen molar-refractivity contribution in [1.82, 2.24) is 5.32 Å². The number of hydrogen-bond donors (Lipinski definition) is 6. The number of amides is 1. The van der Waals surface area contributed by atoms with E-state index in [-0.39, 0.29) is 18.5 Å². The fourth-order valence-electron chi connectivity index (χ4n) is 9.94. The van der Waals surface area contributed by atoms with E-state index in [0.717, 1.165) is 64.2 Å². The molecule has 0 radical (unpaired) electrons. The second-order valence-electron chi connectivity index (χ2n) is 22.1. The molecule has 11 nitrogen and oxygen atoms in total. The van der Waals surface area contributed by atoms with Crippen molar-refractivity contribution in [3.05, 3.63) is 36.5 Å². The third-order valence-corrected chi connectivity index (χ3v) is 15.0. The van der Waals surface area contributed by atoms with Crippen molar-refractivity contribution in [3.8, 4) is 0 Å². The van der Waals surface area contributed by atoms with Gasteiger partial charge in [0.2, 0.25) is 5.91 Å². The maximum Gasteiger partial charge on any atom is 0.305 e. The molecule has 1 saturated heterocycles. The van der Waals surface area contributed by atoms with Gasteiger partial charge in [0.15, 0.2) is 6.29 Å². The molecule has 7 unspecified atom stereocenters. The van der Waals surface area contributed by atoms with Crippen LogP contribution in [0.4, 0.5) is 0 Å². The normalized spacial score (nSPS) is 18.9. The van der Waals surface area contributed by atoms with Crippen LogP contribution in [0.1, 0.15) is 296 Å². The number of carbonyl (C=O) groups excluding carboxylic acids is 2. The summed E-state index contributed by atoms with van der Waals surface area (Å²) < 4.78 is 16.7. The SMILES string of the molecule is CCCCC/C=C\C/C=C\CCCCCCCC(=O)OCCCCCCCCCCCCCCCCCCCCCCCCCC(=O)NC(COC1OC(CO)C(O)C(O)C1O)C(O)/C=C/CCCCCCCCC. The molecule has 0 bridgehead atoms. The zero-order valence-corrected chi connectivity index (χ0v) is 48.5. The van der Waals surface area contributed by atoms with Crippen LogP contribution in [0.2, 0.25) is 0 Å². The van der Waals surface area contributed by atoms with Crippen molar-refractivity contribution >= 4 is 11.9 Å². The molecule has 0 aromatic rings. The van der Waals surface area contributed by atoms with Crippen LogP contribution >= 0.6 is 0 Å². The van der Waals surface area contributed by atoms with E-state index in [1.165, 1.54) is 205 Å². The molecule has 0 aliphatic carbocycles. The Morgan fingerprint density at radius 3 is 1.37 bits per heavy atom. The van der Waals surface area contributed by atoms with Gasteiger partial charge in [0.1, 0.15) is 24.4 Å². The van der Waals surface area contributed by atoms with Gasteiger partial charge < -0.3 is 45.1 Å². The molecule has 1 fully saturated rings. The molecule has 75 heavy (non-hydrogen) atoms. The summed E-state index contributed by atoms with van der Waals surface area (Å²) in [5, 5.41) is 54.2. The highest BCUT2D eigenvalue weighted by Gasteiger charge is 2.44. The van der Waals surface area contributed by atoms with Crippen molar-refractivity contribution < 1.29 is 49.3 Å². The predicted molar refractivity (Wildman–Crippen MR) is 311 cm³/mol. The van der Waals surface area contributed by atoms with Crippen LogP contribution in [-0.2, 0) is 23.8 Å². The molecule has 7 atom stereocenters. The Morgan fingerprint density at radius 1 is 0.493 bits per heavy atom. The van der Waals surface area contributed by atoms with E-state index in [4.69, 9.17) is 14.2 Å². The Hall–Kier alpha value is -2.12. The fraction of sp³-hybridized carbons (Fsp3) is 0.875. The Kier molecular flexibility index (Phi) is 50.9. The van der Waals surface area contributed by atoms with Gasteiger partial charge in [-0.1, -0.05) is 256 Å². The minimum atomic E-state index is -1.57. The number of ether oxygens (including phenoxy) is 3. The summed E-state index contributed by atoms with van der Waals surface area (Å²) >= 11 is 0. The Bertz CT molecular complexity index is 1340. The molecule has 6 N–H and O–H groups in total. The van der Waals surface area contributed by atoms with Gasteiger partial charge >= 0.3 is 5.97 Å². The maximum absolute atomic E-state index is 13.0. The minimum absolute atomic E-state index is 0.0115. The summed E-state index contributed by atoms with van der Waals surface area (Å²) in [5.41, 5.74) is 0. The van der Waals surface area contributed by atoms with E-state index in [9.17, 15) is 35.1 Å². The molecule has 11 heteroatoms. The summed E-state index contributed by atoms with van der Waals surface area (Å²) in [6.07, 6.45) is 56.9. The van der Waals surface area contributed by atoms with E-state index < -0.39 is 49.5 Å². The van der Waals surface area contributed by atoms with Crippen LogP contribution in [0.5, 0.6) is 0 Å². The lowest BCUT2D eigenvalue weighted by atomic mass is 9.99. The van der Waals surface area contributed by atoms with Gasteiger partial charge in [-0.15, -0.1) is 0 Å². The second kappa shape index (κ2) is 53.9. The first-order chi connectivity index (χ1) is 36.7. The van der Waals surface area contributed by atoms with Crippen molar-refractivity contribution in [2.45, 2.75) is 339 Å². The highest BCUT2D eigenvalue weighted by molar-refractivity contribution is 5.76. The number of rotatable bonds is 55. The number of unbranched alkanes of at least 4 members (excludes halogenated alkanes) is 37. The van der Waals surface area contributed by atoms with Gasteiger partial charge in [0, 0.05) is 12.8 Å². The lowest BCUT2D eigenvalue weighted by molar-refractivity contribution is -0.302. The molecule has 440 valence electrons. The molecule has 1 heterocycles. The lowest BCUT2D eigenvalue weighted by Crippen LogP contribution is -2.60. The Labute approximate surface area is 460 Å². The molecule has 1 aliphatic heterocycles. The van der Waals surface area contributed by atoms with Crippen LogP contribution in [-0.4, -0.2) is 100 Å². The number of esters is 1. The average Bonchev–Trinajstić information content (AvgIpc) is 3.41. The first-order valence-corrected chi connectivity index (χ1v) is 31.8. The summed E-state index contributed by atoms with van der Waals surface area (Å²) in [7, 11) is 0. The topological polar surface area (TPSA) is 175 Å². The first kappa shape index (κ1) is 70.9. The van der Waals surface area contributed by atoms with Gasteiger partial charge in [-0.25, -0.2) is 0 Å². The fourth-order valence-corrected chi connectivity index (χ4v) is 9.94. The van der Waals surface area contributed by atoms with Crippen LogP contribution in [0.15, 0.2) is 36.5 Å². The monoisotopic (exact) mass is 1060 g/mol. The summed E-state index contributed by atoms with van der Waals surface area (Å²) in [6, 6.07) is -0.808. The highest BCUT2D eigenvalue weighted by Crippen LogP contribution is 2.23. The van der Waals surface area contributed by atoms with Crippen molar-refractivity contribution in [3.63, 3.8) is 0 Å². The molecule has 0 spiro atoms. The molecular weight excluding hydrogens is 943 g/mol. The van der Waals surface area contributed by atoms with Gasteiger partial charge in [-0.3, -0.25) is 9.59 Å². The van der Waals surface area contributed by atoms with Gasteiger partial charge in [0.05, 0.1) is 32.0 Å². The van der Waals surface area contributed by atoms with Gasteiger partial charge in [0.25, 0.3) is 0 Å². The maximum atomic E-state index is 13.0. The molecule has 0 aromatic carbocycles. The number of aliphatic hydroxyl groups is 5. The zero-order chi connectivity index (χ0) is 54.5. The molecule has 1 aliphatic rings. The second-order valence-corrected chi connectivity index (χ2v) is 22.1. The van der Waals surface area contributed by atoms with E-state index >= 15 is 0 Å². The lowest BCUT2D eigenvalue weighted by Gasteiger charge is -2.40. The number of hydrogen-bond acceptors (Lipinski definition) is 10. The standard InChI is InChI=1S/C64H119NO10/c1-3-5-7-9-11-13-14-15-25-29-32-36-40-44-48-52-60(69)73-53-49-45-41-37-33-30-27-24-22-20-18-16-17-19-21-23-26-28-31-35-39-43-47-51-59(68)65-56(57(67)50-46-42-38-34-12-10-8-6-4-2)55-74-64-63(72)62(71)61(70)58(54-66)75-64/h11,13,15,25,46,50,56-58,61-64,66-67,70-72H,3-10,12,14,16-24,26-45,47-49,51-55H2,1-2H3,(H,65,68)/b13-11-,25-15-,50-46+. The highest BCUT2D eigenvalue weighted by atomic mass is 16.7. The summed E-state index contributed by atoms with van der Waals surface area (Å²) in [5.74, 6) is -0.195. The number of allylic oxidation sites excluding steroid dienone is 5. The molecule has 1 amide bonds. The van der Waals surface area contributed by atoms with E-state index in [1.807, 2.05) is 6.08 Å². The van der Waals surface area contributed by atoms with E-state index in [0.29, 0.717) is 19.4 Å². The quantitative estimate of drug-likeness (QED) is 0.0195. The van der Waals surface area contributed by atoms with E-state index in [2.05, 4.69) is 43.5 Å². The van der Waals surface area contributed by atoms with Crippen LogP contribution < -0.4 is 5.32 Å².